The maximum absolute atomic E-state index is 5.81. The summed E-state index contributed by atoms with van der Waals surface area (Å²) in [7, 11) is 0. The Hall–Kier alpha value is -1.61. The zero-order valence-electron chi connectivity index (χ0n) is 8.09. The van der Waals surface area contributed by atoms with Crippen molar-refractivity contribution in [3.05, 3.63) is 48.3 Å². The van der Waals surface area contributed by atoms with Crippen molar-refractivity contribution in [1.29, 1.82) is 0 Å². The molecule has 0 amide bonds. The van der Waals surface area contributed by atoms with Gasteiger partial charge in [-0.3, -0.25) is 0 Å². The third-order valence-corrected chi connectivity index (χ3v) is 2.16. The van der Waals surface area contributed by atoms with Gasteiger partial charge in [-0.05, 0) is 30.7 Å². The van der Waals surface area contributed by atoms with E-state index in [9.17, 15) is 0 Å². The van der Waals surface area contributed by atoms with Gasteiger partial charge in [-0.2, -0.15) is 5.10 Å². The monoisotopic (exact) mass is 187 g/mol. The molecule has 1 atom stereocenters. The summed E-state index contributed by atoms with van der Waals surface area (Å²) >= 11 is 0. The van der Waals surface area contributed by atoms with Crippen LogP contribution in [0.25, 0.3) is 5.69 Å². The summed E-state index contributed by atoms with van der Waals surface area (Å²) in [5, 5.41) is 4.16. The maximum Gasteiger partial charge on any atom is 0.0648 e. The molecule has 0 radical (unpaired) electrons. The molecule has 3 heteroatoms. The van der Waals surface area contributed by atoms with Gasteiger partial charge in [0.1, 0.15) is 0 Å². The maximum atomic E-state index is 5.81. The number of nitrogens with two attached hydrogens (primary N) is 1. The Morgan fingerprint density at radius 2 is 2.21 bits per heavy atom. The fourth-order valence-electron chi connectivity index (χ4n) is 1.37. The molecule has 0 saturated carbocycles. The van der Waals surface area contributed by atoms with Gasteiger partial charge in [0, 0.05) is 18.4 Å². The van der Waals surface area contributed by atoms with E-state index < -0.39 is 0 Å². The van der Waals surface area contributed by atoms with Crippen LogP contribution < -0.4 is 5.73 Å². The van der Waals surface area contributed by atoms with Crippen molar-refractivity contribution in [2.24, 2.45) is 5.73 Å². The third kappa shape index (κ3) is 1.67. The third-order valence-electron chi connectivity index (χ3n) is 2.16. The lowest BCUT2D eigenvalue weighted by Crippen LogP contribution is -2.05. The number of rotatable bonds is 2. The van der Waals surface area contributed by atoms with Crippen LogP contribution in [-0.4, -0.2) is 9.78 Å². The van der Waals surface area contributed by atoms with E-state index in [1.54, 1.807) is 6.20 Å². The van der Waals surface area contributed by atoms with Crippen LogP contribution in [0.5, 0.6) is 0 Å². The highest BCUT2D eigenvalue weighted by Crippen LogP contribution is 2.14. The van der Waals surface area contributed by atoms with Crippen LogP contribution in [0.1, 0.15) is 18.5 Å². The Balaban J connectivity index is 2.41. The lowest BCUT2D eigenvalue weighted by molar-refractivity contribution is 0.809. The summed E-state index contributed by atoms with van der Waals surface area (Å²) in [5.41, 5.74) is 7.98. The molecule has 0 spiro atoms. The normalized spacial score (nSPS) is 12.7. The van der Waals surface area contributed by atoms with Gasteiger partial charge in [-0.1, -0.05) is 12.1 Å². The smallest absolute Gasteiger partial charge is 0.0648 e. The standard InChI is InChI=1S/C11H13N3/c1-9(12)10-4-2-5-11(8-10)14-7-3-6-13-14/h2-9H,12H2,1H3/t9-/m0/s1. The number of benzene rings is 1. The van der Waals surface area contributed by atoms with E-state index >= 15 is 0 Å². The first-order valence-electron chi connectivity index (χ1n) is 4.63. The summed E-state index contributed by atoms with van der Waals surface area (Å²) in [6, 6.07) is 10.0. The van der Waals surface area contributed by atoms with Gasteiger partial charge in [0.15, 0.2) is 0 Å². The Morgan fingerprint density at radius 3 is 2.86 bits per heavy atom. The second kappa shape index (κ2) is 3.64. The van der Waals surface area contributed by atoms with Gasteiger partial charge >= 0.3 is 0 Å². The first kappa shape index (κ1) is 8.97. The first-order valence-corrected chi connectivity index (χ1v) is 4.63. The van der Waals surface area contributed by atoms with Gasteiger partial charge in [-0.25, -0.2) is 4.68 Å². The van der Waals surface area contributed by atoms with Crippen molar-refractivity contribution in [3.8, 4) is 5.69 Å². The second-order valence-electron chi connectivity index (χ2n) is 3.33. The SMILES string of the molecule is C[C@H](N)c1cccc(-n2cccn2)c1. The largest absolute Gasteiger partial charge is 0.324 e. The summed E-state index contributed by atoms with van der Waals surface area (Å²) < 4.78 is 1.83. The van der Waals surface area contributed by atoms with E-state index in [4.69, 9.17) is 5.73 Å². The summed E-state index contributed by atoms with van der Waals surface area (Å²) in [5.74, 6) is 0. The molecule has 0 fully saturated rings. The highest BCUT2D eigenvalue weighted by atomic mass is 15.3. The van der Waals surface area contributed by atoms with E-state index in [1.165, 1.54) is 0 Å². The quantitative estimate of drug-likeness (QED) is 0.780. The van der Waals surface area contributed by atoms with Crippen molar-refractivity contribution in [2.75, 3.05) is 0 Å². The molecule has 0 bridgehead atoms. The fourth-order valence-corrected chi connectivity index (χ4v) is 1.37. The van der Waals surface area contributed by atoms with Crippen LogP contribution in [-0.2, 0) is 0 Å². The average Bonchev–Trinajstić information content (AvgIpc) is 2.71. The molecule has 1 aromatic heterocycles. The van der Waals surface area contributed by atoms with E-state index in [-0.39, 0.29) is 6.04 Å². The molecule has 1 aromatic carbocycles. The Labute approximate surface area is 83.2 Å². The van der Waals surface area contributed by atoms with Crippen molar-refractivity contribution in [2.45, 2.75) is 13.0 Å². The molecule has 0 aliphatic heterocycles. The molecular formula is C11H13N3. The Morgan fingerprint density at radius 1 is 1.36 bits per heavy atom. The minimum Gasteiger partial charge on any atom is -0.324 e. The van der Waals surface area contributed by atoms with Crippen LogP contribution >= 0.6 is 0 Å². The van der Waals surface area contributed by atoms with Crippen LogP contribution in [0.15, 0.2) is 42.7 Å². The van der Waals surface area contributed by atoms with Crippen LogP contribution in [0.4, 0.5) is 0 Å². The predicted molar refractivity (Wildman–Crippen MR) is 56.2 cm³/mol. The molecule has 2 rings (SSSR count). The van der Waals surface area contributed by atoms with Crippen molar-refractivity contribution < 1.29 is 0 Å². The van der Waals surface area contributed by atoms with Gasteiger partial charge in [0.2, 0.25) is 0 Å². The lowest BCUT2D eigenvalue weighted by atomic mass is 10.1. The van der Waals surface area contributed by atoms with Gasteiger partial charge < -0.3 is 5.73 Å². The number of hydrogen-bond donors (Lipinski definition) is 1. The first-order chi connectivity index (χ1) is 6.77. The van der Waals surface area contributed by atoms with Gasteiger partial charge in [0.05, 0.1) is 5.69 Å². The second-order valence-corrected chi connectivity index (χ2v) is 3.33. The Bertz CT molecular complexity index is 404. The number of hydrogen-bond acceptors (Lipinski definition) is 2. The predicted octanol–water partition coefficient (Wildman–Crippen LogP) is 1.89. The van der Waals surface area contributed by atoms with Gasteiger partial charge in [-0.15, -0.1) is 0 Å². The number of aromatic nitrogens is 2. The zero-order chi connectivity index (χ0) is 9.97. The molecule has 0 aliphatic rings. The Kier molecular flexibility index (Phi) is 2.33. The van der Waals surface area contributed by atoms with Crippen LogP contribution in [0.3, 0.4) is 0 Å². The van der Waals surface area contributed by atoms with Crippen molar-refractivity contribution in [1.82, 2.24) is 9.78 Å². The summed E-state index contributed by atoms with van der Waals surface area (Å²) in [4.78, 5) is 0. The zero-order valence-corrected chi connectivity index (χ0v) is 8.09. The van der Waals surface area contributed by atoms with Gasteiger partial charge in [0.25, 0.3) is 0 Å². The average molecular weight is 187 g/mol. The van der Waals surface area contributed by atoms with E-state index in [0.29, 0.717) is 0 Å². The summed E-state index contributed by atoms with van der Waals surface area (Å²) in [6.07, 6.45) is 3.68. The highest BCUT2D eigenvalue weighted by Gasteiger charge is 2.01. The summed E-state index contributed by atoms with van der Waals surface area (Å²) in [6.45, 7) is 1.97. The van der Waals surface area contributed by atoms with E-state index in [2.05, 4.69) is 11.2 Å². The number of nitrogens with zero attached hydrogens (tertiary/aromatic N) is 2. The molecule has 3 nitrogen and oxygen atoms in total. The minimum absolute atomic E-state index is 0.0607. The van der Waals surface area contributed by atoms with E-state index in [1.807, 2.05) is 42.1 Å². The molecular weight excluding hydrogens is 174 g/mol. The minimum atomic E-state index is 0.0607. The molecule has 0 aliphatic carbocycles. The molecule has 14 heavy (non-hydrogen) atoms. The molecule has 2 N–H and O–H groups in total. The van der Waals surface area contributed by atoms with Crippen LogP contribution in [0, 0.1) is 0 Å². The highest BCUT2D eigenvalue weighted by molar-refractivity contribution is 5.36. The lowest BCUT2D eigenvalue weighted by Gasteiger charge is -2.07. The molecule has 0 unspecified atom stereocenters. The molecule has 1 heterocycles. The molecule has 0 saturated heterocycles. The van der Waals surface area contributed by atoms with Crippen LogP contribution in [0.2, 0.25) is 0 Å². The van der Waals surface area contributed by atoms with Crippen molar-refractivity contribution >= 4 is 0 Å². The fraction of sp³-hybridized carbons (Fsp3) is 0.182. The molecule has 72 valence electrons. The van der Waals surface area contributed by atoms with E-state index in [0.717, 1.165) is 11.3 Å². The molecule has 2 aromatic rings. The van der Waals surface area contributed by atoms with Crippen molar-refractivity contribution in [3.63, 3.8) is 0 Å². The topological polar surface area (TPSA) is 43.8 Å².